The Kier molecular flexibility index (Phi) is 6.11. The van der Waals surface area contributed by atoms with Gasteiger partial charge in [-0.2, -0.15) is 0 Å². The zero-order valence-electron chi connectivity index (χ0n) is 12.5. The van der Waals surface area contributed by atoms with Gasteiger partial charge in [-0.3, -0.25) is 0 Å². The summed E-state index contributed by atoms with van der Waals surface area (Å²) in [6.07, 6.45) is -0.445. The molecule has 5 heteroatoms. The second kappa shape index (κ2) is 8.56. The third-order valence-corrected chi connectivity index (χ3v) is 2.72. The molecule has 5 nitrogen and oxygen atoms in total. The standard InChI is InChI=1S/C17H19NO4/c1-2-20-17(19)18-12-13-21-15-10-6-7-11-16(15)22-14-8-4-3-5-9-14/h3-11H,2,12-13H2,1H3,(H,18,19). The smallest absolute Gasteiger partial charge is 0.407 e. The van der Waals surface area contributed by atoms with Gasteiger partial charge in [0.1, 0.15) is 12.4 Å². The number of hydrogen-bond acceptors (Lipinski definition) is 4. The molecule has 0 radical (unpaired) electrons. The second-order valence-electron chi connectivity index (χ2n) is 4.36. The average Bonchev–Trinajstić information content (AvgIpc) is 2.54. The van der Waals surface area contributed by atoms with Crippen molar-refractivity contribution >= 4 is 6.09 Å². The number of ether oxygens (including phenoxy) is 3. The van der Waals surface area contributed by atoms with Gasteiger partial charge in [0, 0.05) is 0 Å². The van der Waals surface area contributed by atoms with Crippen molar-refractivity contribution in [2.24, 2.45) is 0 Å². The van der Waals surface area contributed by atoms with Crippen molar-refractivity contribution < 1.29 is 19.0 Å². The van der Waals surface area contributed by atoms with Gasteiger partial charge in [-0.1, -0.05) is 30.3 Å². The van der Waals surface area contributed by atoms with E-state index in [0.717, 1.165) is 5.75 Å². The molecule has 0 fully saturated rings. The molecular weight excluding hydrogens is 282 g/mol. The highest BCUT2D eigenvalue weighted by molar-refractivity contribution is 5.66. The summed E-state index contributed by atoms with van der Waals surface area (Å²) < 4.78 is 16.2. The Morgan fingerprint density at radius 2 is 1.68 bits per heavy atom. The highest BCUT2D eigenvalue weighted by Gasteiger charge is 2.06. The van der Waals surface area contributed by atoms with Gasteiger partial charge in [-0.15, -0.1) is 0 Å². The van der Waals surface area contributed by atoms with Gasteiger partial charge in [0.25, 0.3) is 0 Å². The van der Waals surface area contributed by atoms with E-state index in [1.807, 2.05) is 54.6 Å². The second-order valence-corrected chi connectivity index (χ2v) is 4.36. The maximum Gasteiger partial charge on any atom is 0.407 e. The zero-order valence-corrected chi connectivity index (χ0v) is 12.5. The van der Waals surface area contributed by atoms with Crippen LogP contribution in [0.15, 0.2) is 54.6 Å². The number of rotatable bonds is 7. The summed E-state index contributed by atoms with van der Waals surface area (Å²) in [5.74, 6) is 1.99. The molecule has 0 spiro atoms. The molecule has 1 amide bonds. The van der Waals surface area contributed by atoms with E-state index in [4.69, 9.17) is 14.2 Å². The number of carbonyl (C=O) groups excluding carboxylic acids is 1. The van der Waals surface area contributed by atoms with Crippen molar-refractivity contribution in [3.63, 3.8) is 0 Å². The van der Waals surface area contributed by atoms with Crippen molar-refractivity contribution in [3.05, 3.63) is 54.6 Å². The zero-order chi connectivity index (χ0) is 15.6. The van der Waals surface area contributed by atoms with Crippen LogP contribution in [-0.2, 0) is 4.74 Å². The predicted molar refractivity (Wildman–Crippen MR) is 83.5 cm³/mol. The molecule has 0 aliphatic heterocycles. The van der Waals surface area contributed by atoms with E-state index in [-0.39, 0.29) is 0 Å². The van der Waals surface area contributed by atoms with E-state index in [1.165, 1.54) is 0 Å². The molecule has 22 heavy (non-hydrogen) atoms. The van der Waals surface area contributed by atoms with Gasteiger partial charge in [0.2, 0.25) is 0 Å². The number of nitrogens with one attached hydrogen (secondary N) is 1. The first-order chi connectivity index (χ1) is 10.8. The number of para-hydroxylation sites is 3. The Hall–Kier alpha value is -2.69. The molecule has 0 bridgehead atoms. The van der Waals surface area contributed by atoms with Crippen LogP contribution in [0.5, 0.6) is 17.2 Å². The summed E-state index contributed by atoms with van der Waals surface area (Å²) in [7, 11) is 0. The molecule has 0 unspecified atom stereocenters. The molecule has 1 N–H and O–H groups in total. The molecule has 0 heterocycles. The minimum absolute atomic E-state index is 0.327. The van der Waals surface area contributed by atoms with Crippen LogP contribution in [0.25, 0.3) is 0 Å². The lowest BCUT2D eigenvalue weighted by molar-refractivity contribution is 0.150. The lowest BCUT2D eigenvalue weighted by Gasteiger charge is -2.12. The molecule has 2 rings (SSSR count). The van der Waals surface area contributed by atoms with Crippen LogP contribution in [0.1, 0.15) is 6.92 Å². The fraction of sp³-hybridized carbons (Fsp3) is 0.235. The summed E-state index contributed by atoms with van der Waals surface area (Å²) >= 11 is 0. The number of benzene rings is 2. The normalized spacial score (nSPS) is 9.86. The van der Waals surface area contributed by atoms with Crippen molar-refractivity contribution in [2.75, 3.05) is 19.8 Å². The topological polar surface area (TPSA) is 56.8 Å². The molecule has 0 saturated heterocycles. The Labute approximate surface area is 129 Å². The van der Waals surface area contributed by atoms with E-state index < -0.39 is 6.09 Å². The molecule has 2 aromatic carbocycles. The van der Waals surface area contributed by atoms with Gasteiger partial charge < -0.3 is 19.5 Å². The summed E-state index contributed by atoms with van der Waals surface area (Å²) in [5, 5.41) is 2.60. The minimum Gasteiger partial charge on any atom is -0.488 e. The van der Waals surface area contributed by atoms with Crippen LogP contribution in [0, 0.1) is 0 Å². The fourth-order valence-corrected chi connectivity index (χ4v) is 1.77. The maximum atomic E-state index is 11.1. The first kappa shape index (κ1) is 15.7. The third-order valence-electron chi connectivity index (χ3n) is 2.72. The number of amides is 1. The first-order valence-corrected chi connectivity index (χ1v) is 7.15. The van der Waals surface area contributed by atoms with Gasteiger partial charge >= 0.3 is 6.09 Å². The fourth-order valence-electron chi connectivity index (χ4n) is 1.77. The van der Waals surface area contributed by atoms with Crippen LogP contribution in [0.4, 0.5) is 4.79 Å². The minimum atomic E-state index is -0.445. The average molecular weight is 301 g/mol. The molecule has 0 aliphatic carbocycles. The van der Waals surface area contributed by atoms with Crippen LogP contribution in [-0.4, -0.2) is 25.9 Å². The maximum absolute atomic E-state index is 11.1. The molecule has 0 atom stereocenters. The summed E-state index contributed by atoms with van der Waals surface area (Å²) in [4.78, 5) is 11.1. The van der Waals surface area contributed by atoms with Crippen LogP contribution >= 0.6 is 0 Å². The van der Waals surface area contributed by atoms with Gasteiger partial charge in [0.15, 0.2) is 11.5 Å². The van der Waals surface area contributed by atoms with E-state index in [9.17, 15) is 4.79 Å². The Morgan fingerprint density at radius 1 is 1.00 bits per heavy atom. The molecule has 2 aromatic rings. The summed E-state index contributed by atoms with van der Waals surface area (Å²) in [6, 6.07) is 16.9. The van der Waals surface area contributed by atoms with E-state index in [0.29, 0.717) is 31.3 Å². The highest BCUT2D eigenvalue weighted by atomic mass is 16.5. The van der Waals surface area contributed by atoms with Crippen molar-refractivity contribution in [3.8, 4) is 17.2 Å². The van der Waals surface area contributed by atoms with E-state index in [2.05, 4.69) is 5.32 Å². The SMILES string of the molecule is CCOC(=O)NCCOc1ccccc1Oc1ccccc1. The van der Waals surface area contributed by atoms with Gasteiger partial charge in [-0.05, 0) is 31.2 Å². The Morgan fingerprint density at radius 3 is 2.41 bits per heavy atom. The monoisotopic (exact) mass is 301 g/mol. The van der Waals surface area contributed by atoms with Crippen molar-refractivity contribution in [1.29, 1.82) is 0 Å². The van der Waals surface area contributed by atoms with Crippen LogP contribution < -0.4 is 14.8 Å². The lowest BCUT2D eigenvalue weighted by atomic mass is 10.3. The summed E-state index contributed by atoms with van der Waals surface area (Å²) in [6.45, 7) is 2.79. The number of alkyl carbamates (subject to hydrolysis) is 1. The summed E-state index contributed by atoms with van der Waals surface area (Å²) in [5.41, 5.74) is 0. The third kappa shape index (κ3) is 5.01. The number of carbonyl (C=O) groups is 1. The van der Waals surface area contributed by atoms with Gasteiger partial charge in [0.05, 0.1) is 13.2 Å². The Bertz CT molecular complexity index is 586. The van der Waals surface area contributed by atoms with E-state index >= 15 is 0 Å². The highest BCUT2D eigenvalue weighted by Crippen LogP contribution is 2.30. The molecule has 0 aliphatic rings. The molecule has 0 aromatic heterocycles. The largest absolute Gasteiger partial charge is 0.488 e. The quantitative estimate of drug-likeness (QED) is 0.794. The molecular formula is C17H19NO4. The lowest BCUT2D eigenvalue weighted by Crippen LogP contribution is -2.28. The predicted octanol–water partition coefficient (Wildman–Crippen LogP) is 3.60. The Balaban J connectivity index is 1.87. The molecule has 0 saturated carbocycles. The van der Waals surface area contributed by atoms with Crippen LogP contribution in [0.2, 0.25) is 0 Å². The number of hydrogen-bond donors (Lipinski definition) is 1. The van der Waals surface area contributed by atoms with Gasteiger partial charge in [-0.25, -0.2) is 4.79 Å². The van der Waals surface area contributed by atoms with Crippen molar-refractivity contribution in [1.82, 2.24) is 5.32 Å². The molecule has 116 valence electrons. The van der Waals surface area contributed by atoms with Crippen molar-refractivity contribution in [2.45, 2.75) is 6.92 Å². The van der Waals surface area contributed by atoms with Crippen LogP contribution in [0.3, 0.4) is 0 Å². The first-order valence-electron chi connectivity index (χ1n) is 7.15. The van der Waals surface area contributed by atoms with E-state index in [1.54, 1.807) is 6.92 Å².